The summed E-state index contributed by atoms with van der Waals surface area (Å²) in [7, 11) is 1.62. The second-order valence-corrected chi connectivity index (χ2v) is 8.79. The first-order valence-electron chi connectivity index (χ1n) is 11.5. The Morgan fingerprint density at radius 1 is 1.06 bits per heavy atom. The number of benzene rings is 3. The first-order valence-corrected chi connectivity index (χ1v) is 12.1. The second-order valence-electron chi connectivity index (χ2n) is 8.41. The zero-order chi connectivity index (χ0) is 24.2. The van der Waals surface area contributed by atoms with Crippen LogP contribution in [0.2, 0.25) is 0 Å². The highest BCUT2D eigenvalue weighted by Crippen LogP contribution is 2.36. The second kappa shape index (κ2) is 10.2. The first-order chi connectivity index (χ1) is 17.2. The molecule has 5 rings (SSSR count). The lowest BCUT2D eigenvalue weighted by atomic mass is 10.1. The molecule has 7 heteroatoms. The summed E-state index contributed by atoms with van der Waals surface area (Å²) in [5.74, 6) is 1.89. The number of anilines is 2. The number of carbonyl (C=O) groups is 1. The Morgan fingerprint density at radius 3 is 2.71 bits per heavy atom. The molecule has 0 fully saturated rings. The summed E-state index contributed by atoms with van der Waals surface area (Å²) in [4.78, 5) is 19.3. The van der Waals surface area contributed by atoms with Gasteiger partial charge in [0, 0.05) is 53.6 Å². The standard InChI is InChI=1S/C28H26ClN3O3/c1-34-26-15-23-24(10-12-30-25(23)16-27(26)35-13-5-11-29)31-21-8-9-22-20(14-21)18-32(28(22)33)17-19-6-3-2-4-7-19/h2-4,6-10,12,14-16H,5,11,13,17-18H2,1H3,(H,30,31). The van der Waals surface area contributed by atoms with Gasteiger partial charge in [0.1, 0.15) is 0 Å². The summed E-state index contributed by atoms with van der Waals surface area (Å²) in [6.45, 7) is 1.70. The minimum atomic E-state index is 0.0659. The number of nitrogens with zero attached hydrogens (tertiary/aromatic N) is 2. The van der Waals surface area contributed by atoms with Crippen LogP contribution in [0, 0.1) is 0 Å². The van der Waals surface area contributed by atoms with Crippen molar-refractivity contribution in [3.05, 3.63) is 89.6 Å². The van der Waals surface area contributed by atoms with Gasteiger partial charge in [-0.3, -0.25) is 9.78 Å². The van der Waals surface area contributed by atoms with E-state index in [1.807, 2.05) is 71.6 Å². The average Bonchev–Trinajstić information content (AvgIpc) is 3.18. The Balaban J connectivity index is 1.38. The number of halogens is 1. The highest BCUT2D eigenvalue weighted by molar-refractivity contribution is 6.17. The molecule has 0 spiro atoms. The smallest absolute Gasteiger partial charge is 0.254 e. The Morgan fingerprint density at radius 2 is 1.91 bits per heavy atom. The number of hydrogen-bond donors (Lipinski definition) is 1. The van der Waals surface area contributed by atoms with Crippen LogP contribution in [0.15, 0.2) is 72.9 Å². The number of nitrogens with one attached hydrogen (secondary N) is 1. The van der Waals surface area contributed by atoms with E-state index in [4.69, 9.17) is 21.1 Å². The predicted octanol–water partition coefficient (Wildman–Crippen LogP) is 6.15. The lowest BCUT2D eigenvalue weighted by Crippen LogP contribution is -2.23. The molecule has 1 aliphatic heterocycles. The molecule has 0 bridgehead atoms. The minimum Gasteiger partial charge on any atom is -0.493 e. The van der Waals surface area contributed by atoms with Gasteiger partial charge in [-0.2, -0.15) is 0 Å². The summed E-state index contributed by atoms with van der Waals surface area (Å²) in [5, 5.41) is 4.41. The van der Waals surface area contributed by atoms with Crippen LogP contribution in [0.4, 0.5) is 11.4 Å². The molecule has 0 saturated carbocycles. The number of hydrogen-bond acceptors (Lipinski definition) is 5. The van der Waals surface area contributed by atoms with Gasteiger partial charge < -0.3 is 19.7 Å². The molecule has 3 aromatic carbocycles. The lowest BCUT2D eigenvalue weighted by Gasteiger charge is -2.15. The topological polar surface area (TPSA) is 63.7 Å². The molecule has 1 N–H and O–H groups in total. The summed E-state index contributed by atoms with van der Waals surface area (Å²) in [5.41, 5.74) is 5.49. The van der Waals surface area contributed by atoms with Crippen LogP contribution in [-0.4, -0.2) is 35.4 Å². The number of pyridine rings is 1. The van der Waals surface area contributed by atoms with Crippen LogP contribution in [0.1, 0.15) is 27.9 Å². The molecule has 0 radical (unpaired) electrons. The molecule has 0 saturated heterocycles. The van der Waals surface area contributed by atoms with Crippen molar-refractivity contribution in [3.8, 4) is 11.5 Å². The van der Waals surface area contributed by atoms with Crippen molar-refractivity contribution in [1.29, 1.82) is 0 Å². The third kappa shape index (κ3) is 4.88. The van der Waals surface area contributed by atoms with Gasteiger partial charge in [-0.05, 0) is 47.9 Å². The van der Waals surface area contributed by atoms with Gasteiger partial charge in [-0.25, -0.2) is 0 Å². The summed E-state index contributed by atoms with van der Waals surface area (Å²) in [6.07, 6.45) is 2.51. The van der Waals surface area contributed by atoms with Crippen LogP contribution in [0.5, 0.6) is 11.5 Å². The van der Waals surface area contributed by atoms with E-state index in [9.17, 15) is 4.79 Å². The lowest BCUT2D eigenvalue weighted by molar-refractivity contribution is 0.0766. The fourth-order valence-corrected chi connectivity index (χ4v) is 4.43. The average molecular weight is 488 g/mol. The Hall–Kier alpha value is -3.77. The predicted molar refractivity (Wildman–Crippen MR) is 139 cm³/mol. The Kier molecular flexibility index (Phi) is 6.73. The quantitative estimate of drug-likeness (QED) is 0.226. The van der Waals surface area contributed by atoms with Crippen LogP contribution in [-0.2, 0) is 13.1 Å². The molecular formula is C28H26ClN3O3. The van der Waals surface area contributed by atoms with Gasteiger partial charge in [0.25, 0.3) is 5.91 Å². The summed E-state index contributed by atoms with van der Waals surface area (Å²) < 4.78 is 11.4. The minimum absolute atomic E-state index is 0.0659. The van der Waals surface area contributed by atoms with E-state index in [0.717, 1.165) is 45.4 Å². The Bertz CT molecular complexity index is 1360. The third-order valence-corrected chi connectivity index (χ3v) is 6.31. The number of ether oxygens (including phenoxy) is 2. The van der Waals surface area contributed by atoms with Crippen molar-refractivity contribution >= 4 is 39.8 Å². The molecule has 6 nitrogen and oxygen atoms in total. The van der Waals surface area contributed by atoms with Crippen molar-refractivity contribution in [3.63, 3.8) is 0 Å². The number of aromatic nitrogens is 1. The van der Waals surface area contributed by atoms with Gasteiger partial charge >= 0.3 is 0 Å². The van der Waals surface area contributed by atoms with E-state index in [1.165, 1.54) is 0 Å². The first kappa shape index (κ1) is 23.0. The number of rotatable bonds is 9. The zero-order valence-electron chi connectivity index (χ0n) is 19.5. The van der Waals surface area contributed by atoms with E-state index < -0.39 is 0 Å². The maximum absolute atomic E-state index is 12.9. The SMILES string of the molecule is COc1cc2c(Nc3ccc4c(c3)CN(Cc3ccccc3)C4=O)ccnc2cc1OCCCCl. The van der Waals surface area contributed by atoms with Crippen LogP contribution in [0.3, 0.4) is 0 Å². The molecule has 1 amide bonds. The van der Waals surface area contributed by atoms with E-state index in [1.54, 1.807) is 13.3 Å². The van der Waals surface area contributed by atoms with Crippen molar-refractivity contribution in [2.75, 3.05) is 24.9 Å². The van der Waals surface area contributed by atoms with Gasteiger partial charge in [0.15, 0.2) is 11.5 Å². The van der Waals surface area contributed by atoms with Gasteiger partial charge in [0.05, 0.1) is 19.2 Å². The largest absolute Gasteiger partial charge is 0.493 e. The molecular weight excluding hydrogens is 462 g/mol. The van der Waals surface area contributed by atoms with E-state index in [0.29, 0.717) is 37.1 Å². The molecule has 2 heterocycles. The molecule has 178 valence electrons. The maximum atomic E-state index is 12.9. The molecule has 4 aromatic rings. The van der Waals surface area contributed by atoms with Crippen molar-refractivity contribution < 1.29 is 14.3 Å². The monoisotopic (exact) mass is 487 g/mol. The van der Waals surface area contributed by atoms with Gasteiger partial charge in [0.2, 0.25) is 0 Å². The van der Waals surface area contributed by atoms with Crippen molar-refractivity contribution in [1.82, 2.24) is 9.88 Å². The number of fused-ring (bicyclic) bond motifs is 2. The number of alkyl halides is 1. The highest BCUT2D eigenvalue weighted by Gasteiger charge is 2.27. The number of methoxy groups -OCH3 is 1. The van der Waals surface area contributed by atoms with Crippen LogP contribution >= 0.6 is 11.6 Å². The third-order valence-electron chi connectivity index (χ3n) is 6.04. The highest BCUT2D eigenvalue weighted by atomic mass is 35.5. The maximum Gasteiger partial charge on any atom is 0.254 e. The fourth-order valence-electron chi connectivity index (χ4n) is 4.32. The number of amides is 1. The summed E-state index contributed by atoms with van der Waals surface area (Å²) in [6, 6.07) is 21.7. The van der Waals surface area contributed by atoms with E-state index in [2.05, 4.69) is 10.3 Å². The fraction of sp³-hybridized carbons (Fsp3) is 0.214. The van der Waals surface area contributed by atoms with E-state index in [-0.39, 0.29) is 5.91 Å². The summed E-state index contributed by atoms with van der Waals surface area (Å²) >= 11 is 5.77. The molecule has 1 aliphatic rings. The molecule has 0 atom stereocenters. The van der Waals surface area contributed by atoms with E-state index >= 15 is 0 Å². The van der Waals surface area contributed by atoms with Crippen molar-refractivity contribution in [2.45, 2.75) is 19.5 Å². The number of carbonyl (C=O) groups excluding carboxylic acids is 1. The van der Waals surface area contributed by atoms with Gasteiger partial charge in [-0.1, -0.05) is 30.3 Å². The van der Waals surface area contributed by atoms with Crippen molar-refractivity contribution in [2.24, 2.45) is 0 Å². The van der Waals surface area contributed by atoms with Crippen LogP contribution in [0.25, 0.3) is 10.9 Å². The molecule has 0 aliphatic carbocycles. The normalized spacial score (nSPS) is 12.6. The molecule has 0 unspecified atom stereocenters. The van der Waals surface area contributed by atoms with Gasteiger partial charge in [-0.15, -0.1) is 11.6 Å². The molecule has 35 heavy (non-hydrogen) atoms. The molecule has 1 aromatic heterocycles. The van der Waals surface area contributed by atoms with Crippen LogP contribution < -0.4 is 14.8 Å². The zero-order valence-corrected chi connectivity index (χ0v) is 20.2. The Labute approximate surface area is 209 Å².